The van der Waals surface area contributed by atoms with Crippen molar-refractivity contribution in [3.8, 4) is 11.1 Å². The molecule has 0 spiro atoms. The molecule has 1 aliphatic carbocycles. The predicted octanol–water partition coefficient (Wildman–Crippen LogP) is 4.26. The Hall–Kier alpha value is -2.88. The predicted molar refractivity (Wildman–Crippen MR) is 97.2 cm³/mol. The summed E-state index contributed by atoms with van der Waals surface area (Å²) in [6.45, 7) is 3.87. The van der Waals surface area contributed by atoms with Gasteiger partial charge in [0.15, 0.2) is 5.78 Å². The zero-order chi connectivity index (χ0) is 17.8. The molecule has 0 aliphatic heterocycles. The van der Waals surface area contributed by atoms with Crippen LogP contribution in [0.4, 0.5) is 4.79 Å². The third kappa shape index (κ3) is 3.63. The third-order valence-electron chi connectivity index (χ3n) is 4.36. The number of ketones is 1. The molecule has 1 aliphatic rings. The van der Waals surface area contributed by atoms with E-state index >= 15 is 0 Å². The summed E-state index contributed by atoms with van der Waals surface area (Å²) in [4.78, 5) is 23.4. The molecule has 1 N–H and O–H groups in total. The summed E-state index contributed by atoms with van der Waals surface area (Å²) >= 11 is 0. The van der Waals surface area contributed by atoms with Gasteiger partial charge in [0, 0.05) is 18.0 Å². The monoisotopic (exact) mass is 335 g/mol. The minimum atomic E-state index is -0.560. The minimum absolute atomic E-state index is 0.0272. The first-order valence-corrected chi connectivity index (χ1v) is 8.40. The zero-order valence-corrected chi connectivity index (χ0v) is 14.4. The molecule has 4 nitrogen and oxygen atoms in total. The van der Waals surface area contributed by atoms with E-state index in [9.17, 15) is 9.59 Å². The summed E-state index contributed by atoms with van der Waals surface area (Å²) in [5.74, 6) is -0.112. The van der Waals surface area contributed by atoms with Gasteiger partial charge in [0.2, 0.25) is 0 Å². The number of alkyl carbamates (subject to hydrolysis) is 1. The van der Waals surface area contributed by atoms with Crippen molar-refractivity contribution in [3.63, 3.8) is 0 Å². The quantitative estimate of drug-likeness (QED) is 0.831. The first-order chi connectivity index (χ1) is 12.1. The highest BCUT2D eigenvalue weighted by molar-refractivity contribution is 5.91. The molecule has 0 heterocycles. The van der Waals surface area contributed by atoms with Crippen LogP contribution in [0.5, 0.6) is 0 Å². The van der Waals surface area contributed by atoms with Crippen molar-refractivity contribution < 1.29 is 14.3 Å². The van der Waals surface area contributed by atoms with E-state index in [4.69, 9.17) is 4.74 Å². The molecule has 1 amide bonds. The summed E-state index contributed by atoms with van der Waals surface area (Å²) in [5, 5.41) is 2.48. The molecule has 4 heteroatoms. The van der Waals surface area contributed by atoms with Gasteiger partial charge in [-0.15, -0.1) is 0 Å². The van der Waals surface area contributed by atoms with Gasteiger partial charge < -0.3 is 4.74 Å². The first kappa shape index (κ1) is 17.0. The highest BCUT2D eigenvalue weighted by Crippen LogP contribution is 2.44. The number of benzene rings is 2. The number of nitrogens with one attached hydrogen (secondary N) is 1. The molecule has 3 rings (SSSR count). The Balaban J connectivity index is 1.66. The number of carbonyl (C=O) groups excluding carboxylic acids is 2. The van der Waals surface area contributed by atoms with Gasteiger partial charge in [-0.05, 0) is 28.3 Å². The van der Waals surface area contributed by atoms with E-state index in [-0.39, 0.29) is 24.2 Å². The minimum Gasteiger partial charge on any atom is -0.448 e. The van der Waals surface area contributed by atoms with Crippen LogP contribution >= 0.6 is 0 Å². The molecule has 0 unspecified atom stereocenters. The van der Waals surface area contributed by atoms with Crippen molar-refractivity contribution >= 4 is 11.9 Å². The zero-order valence-electron chi connectivity index (χ0n) is 14.4. The number of hydrogen-bond acceptors (Lipinski definition) is 3. The number of allylic oxidation sites excluding steroid dienone is 1. The Morgan fingerprint density at radius 3 is 2.16 bits per heavy atom. The van der Waals surface area contributed by atoms with E-state index in [1.807, 2.05) is 24.3 Å². The number of fused-ring (bicyclic) bond motifs is 3. The topological polar surface area (TPSA) is 55.4 Å². The summed E-state index contributed by atoms with van der Waals surface area (Å²) in [6, 6.07) is 16.4. The Morgan fingerprint density at radius 2 is 1.60 bits per heavy atom. The summed E-state index contributed by atoms with van der Waals surface area (Å²) in [7, 11) is 0. The molecule has 0 bridgehead atoms. The van der Waals surface area contributed by atoms with Gasteiger partial charge in [-0.3, -0.25) is 10.1 Å². The van der Waals surface area contributed by atoms with E-state index < -0.39 is 6.09 Å². The maximum absolute atomic E-state index is 11.9. The van der Waals surface area contributed by atoms with Crippen LogP contribution in [0.1, 0.15) is 30.9 Å². The van der Waals surface area contributed by atoms with Gasteiger partial charge in [0.1, 0.15) is 6.61 Å². The summed E-state index contributed by atoms with van der Waals surface area (Å²) in [6.07, 6.45) is 2.13. The van der Waals surface area contributed by atoms with Crippen LogP contribution in [-0.4, -0.2) is 18.5 Å². The maximum atomic E-state index is 11.9. The maximum Gasteiger partial charge on any atom is 0.411 e. The average molecular weight is 335 g/mol. The molecule has 2 aromatic carbocycles. The molecule has 0 fully saturated rings. The molecule has 0 saturated carbocycles. The van der Waals surface area contributed by atoms with Gasteiger partial charge >= 0.3 is 6.09 Å². The second kappa shape index (κ2) is 7.34. The number of ether oxygens (including phenoxy) is 1. The average Bonchev–Trinajstić information content (AvgIpc) is 2.94. The van der Waals surface area contributed by atoms with Gasteiger partial charge in [-0.25, -0.2) is 4.79 Å². The lowest BCUT2D eigenvalue weighted by Crippen LogP contribution is -2.22. The van der Waals surface area contributed by atoms with Crippen LogP contribution in [0, 0.1) is 5.92 Å². The fourth-order valence-electron chi connectivity index (χ4n) is 3.02. The normalized spacial score (nSPS) is 12.9. The molecule has 0 radical (unpaired) electrons. The second-order valence-corrected chi connectivity index (χ2v) is 6.36. The molecule has 0 saturated heterocycles. The van der Waals surface area contributed by atoms with Crippen molar-refractivity contribution in [1.29, 1.82) is 0 Å². The van der Waals surface area contributed by atoms with Crippen LogP contribution in [0.15, 0.2) is 60.8 Å². The largest absolute Gasteiger partial charge is 0.448 e. The highest BCUT2D eigenvalue weighted by Gasteiger charge is 2.28. The Kier molecular flexibility index (Phi) is 4.98. The van der Waals surface area contributed by atoms with Gasteiger partial charge in [0.25, 0.3) is 0 Å². The Bertz CT molecular complexity index is 778. The number of rotatable bonds is 5. The lowest BCUT2D eigenvalue weighted by Gasteiger charge is -2.13. The van der Waals surface area contributed by atoms with Crippen molar-refractivity contribution in [1.82, 2.24) is 5.32 Å². The van der Waals surface area contributed by atoms with E-state index in [0.717, 1.165) is 0 Å². The van der Waals surface area contributed by atoms with Crippen molar-refractivity contribution in [2.45, 2.75) is 19.8 Å². The van der Waals surface area contributed by atoms with E-state index in [2.05, 4.69) is 29.6 Å². The van der Waals surface area contributed by atoms with E-state index in [1.165, 1.54) is 34.5 Å². The number of amides is 1. The van der Waals surface area contributed by atoms with Crippen LogP contribution in [-0.2, 0) is 9.53 Å². The SMILES string of the molecule is CC(C)C(=O)/C=C\NC(=O)OCC1c2ccccc2-c2ccccc21. The highest BCUT2D eigenvalue weighted by atomic mass is 16.5. The van der Waals surface area contributed by atoms with Crippen LogP contribution in [0.25, 0.3) is 11.1 Å². The smallest absolute Gasteiger partial charge is 0.411 e. The van der Waals surface area contributed by atoms with Crippen LogP contribution < -0.4 is 5.32 Å². The fraction of sp³-hybridized carbons (Fsp3) is 0.238. The van der Waals surface area contributed by atoms with Gasteiger partial charge in [-0.1, -0.05) is 62.4 Å². The van der Waals surface area contributed by atoms with Gasteiger partial charge in [0.05, 0.1) is 0 Å². The molecule has 0 atom stereocenters. The third-order valence-corrected chi connectivity index (χ3v) is 4.36. The molecule has 128 valence electrons. The Morgan fingerprint density at radius 1 is 1.04 bits per heavy atom. The van der Waals surface area contributed by atoms with Crippen molar-refractivity contribution in [2.75, 3.05) is 6.61 Å². The van der Waals surface area contributed by atoms with Crippen LogP contribution in [0.2, 0.25) is 0 Å². The lowest BCUT2D eigenvalue weighted by atomic mass is 9.98. The number of carbonyl (C=O) groups is 2. The first-order valence-electron chi connectivity index (χ1n) is 8.40. The fourth-order valence-corrected chi connectivity index (χ4v) is 3.02. The molecular formula is C21H21NO3. The number of hydrogen-bond donors (Lipinski definition) is 1. The van der Waals surface area contributed by atoms with Crippen molar-refractivity contribution in [3.05, 3.63) is 71.9 Å². The van der Waals surface area contributed by atoms with E-state index in [1.54, 1.807) is 13.8 Å². The lowest BCUT2D eigenvalue weighted by molar-refractivity contribution is -0.117. The second-order valence-electron chi connectivity index (χ2n) is 6.36. The molecule has 25 heavy (non-hydrogen) atoms. The van der Waals surface area contributed by atoms with E-state index in [0.29, 0.717) is 0 Å². The standard InChI is InChI=1S/C21H21NO3/c1-14(2)20(23)11-12-22-21(24)25-13-19-17-9-5-3-7-15(17)16-8-4-6-10-18(16)19/h3-12,14,19H,13H2,1-2H3,(H,22,24)/b12-11-. The summed E-state index contributed by atoms with van der Waals surface area (Å²) in [5.41, 5.74) is 4.72. The molecule has 2 aromatic rings. The van der Waals surface area contributed by atoms with Crippen LogP contribution in [0.3, 0.4) is 0 Å². The molecular weight excluding hydrogens is 314 g/mol. The summed E-state index contributed by atoms with van der Waals surface area (Å²) < 4.78 is 5.37. The molecule has 0 aromatic heterocycles. The van der Waals surface area contributed by atoms with Gasteiger partial charge in [-0.2, -0.15) is 0 Å². The Labute approximate surface area is 147 Å². The van der Waals surface area contributed by atoms with Crippen molar-refractivity contribution in [2.24, 2.45) is 5.92 Å².